The molecule has 28 heavy (non-hydrogen) atoms. The van der Waals surface area contributed by atoms with Crippen molar-refractivity contribution >= 4 is 22.8 Å². The molecule has 0 radical (unpaired) electrons. The van der Waals surface area contributed by atoms with E-state index in [1.54, 1.807) is 24.3 Å². The normalized spacial score (nSPS) is 13.8. The van der Waals surface area contributed by atoms with Gasteiger partial charge in [-0.15, -0.1) is 5.10 Å². The zero-order valence-corrected chi connectivity index (χ0v) is 14.7. The summed E-state index contributed by atoms with van der Waals surface area (Å²) in [6, 6.07) is 12.3. The second-order valence-corrected chi connectivity index (χ2v) is 6.80. The number of halogens is 2. The highest BCUT2D eigenvalue weighted by atomic mass is 19.1. The Bertz CT molecular complexity index is 1180. The molecule has 3 N–H and O–H groups in total. The molecule has 4 aromatic rings. The van der Waals surface area contributed by atoms with Crippen LogP contribution in [0.4, 0.5) is 20.5 Å². The van der Waals surface area contributed by atoms with Gasteiger partial charge in [-0.3, -0.25) is 0 Å². The third-order valence-electron chi connectivity index (χ3n) is 4.65. The van der Waals surface area contributed by atoms with E-state index in [1.165, 1.54) is 28.9 Å². The molecule has 2 heterocycles. The minimum atomic E-state index is -0.391. The minimum absolute atomic E-state index is 0.290. The van der Waals surface area contributed by atoms with Crippen LogP contribution < -0.4 is 11.1 Å². The van der Waals surface area contributed by atoms with Crippen LogP contribution in [0.5, 0.6) is 0 Å². The predicted molar refractivity (Wildman–Crippen MR) is 103 cm³/mol. The van der Waals surface area contributed by atoms with Gasteiger partial charge in [-0.2, -0.15) is 4.98 Å². The first kappa shape index (κ1) is 16.6. The summed E-state index contributed by atoms with van der Waals surface area (Å²) in [4.78, 5) is 9.10. The first-order chi connectivity index (χ1) is 13.6. The number of fused-ring (bicyclic) bond motifs is 1. The van der Waals surface area contributed by atoms with E-state index in [0.717, 1.165) is 12.8 Å². The summed E-state index contributed by atoms with van der Waals surface area (Å²) in [7, 11) is 0. The Kier molecular flexibility index (Phi) is 3.71. The van der Waals surface area contributed by atoms with Crippen LogP contribution in [0, 0.1) is 11.6 Å². The summed E-state index contributed by atoms with van der Waals surface area (Å²) in [5.74, 6) is 0.00214. The highest BCUT2D eigenvalue weighted by molar-refractivity contribution is 5.99. The SMILES string of the molecule is Nc1c2c(-c3ccc(F)cc3)nc(NC3CC3)nc2nn1-c1cccc(F)c1. The number of rotatable bonds is 4. The predicted octanol–water partition coefficient (Wildman–Crippen LogP) is 3.92. The lowest BCUT2D eigenvalue weighted by atomic mass is 10.1. The lowest BCUT2D eigenvalue weighted by Crippen LogP contribution is -2.06. The second-order valence-electron chi connectivity index (χ2n) is 6.80. The van der Waals surface area contributed by atoms with Crippen LogP contribution in [0.2, 0.25) is 0 Å². The molecule has 1 aliphatic carbocycles. The van der Waals surface area contributed by atoms with Gasteiger partial charge in [0, 0.05) is 11.6 Å². The van der Waals surface area contributed by atoms with Crippen molar-refractivity contribution < 1.29 is 8.78 Å². The average Bonchev–Trinajstić information content (AvgIpc) is 3.43. The molecule has 5 rings (SSSR count). The van der Waals surface area contributed by atoms with E-state index in [0.29, 0.717) is 40.0 Å². The monoisotopic (exact) mass is 378 g/mol. The molecule has 0 bridgehead atoms. The molecule has 0 aliphatic heterocycles. The number of nitrogens with one attached hydrogen (secondary N) is 1. The summed E-state index contributed by atoms with van der Waals surface area (Å²) in [5.41, 5.74) is 8.47. The molecule has 6 nitrogen and oxygen atoms in total. The number of hydrogen-bond acceptors (Lipinski definition) is 5. The van der Waals surface area contributed by atoms with E-state index >= 15 is 0 Å². The summed E-state index contributed by atoms with van der Waals surface area (Å²) >= 11 is 0. The van der Waals surface area contributed by atoms with Crippen LogP contribution in [0.15, 0.2) is 48.5 Å². The van der Waals surface area contributed by atoms with Gasteiger partial charge in [0.25, 0.3) is 0 Å². The highest BCUT2D eigenvalue weighted by Gasteiger charge is 2.24. The zero-order valence-electron chi connectivity index (χ0n) is 14.7. The van der Waals surface area contributed by atoms with Crippen molar-refractivity contribution in [2.75, 3.05) is 11.1 Å². The summed E-state index contributed by atoms with van der Waals surface area (Å²) < 4.78 is 28.5. The molecule has 1 fully saturated rings. The third kappa shape index (κ3) is 2.92. The Hall–Kier alpha value is -3.55. The Balaban J connectivity index is 1.74. The molecule has 2 aromatic carbocycles. The highest BCUT2D eigenvalue weighted by Crippen LogP contribution is 2.34. The Morgan fingerprint density at radius 2 is 1.79 bits per heavy atom. The van der Waals surface area contributed by atoms with E-state index in [2.05, 4.69) is 20.4 Å². The van der Waals surface area contributed by atoms with E-state index in [1.807, 2.05) is 0 Å². The fourth-order valence-electron chi connectivity index (χ4n) is 3.11. The maximum Gasteiger partial charge on any atom is 0.225 e. The van der Waals surface area contributed by atoms with Crippen LogP contribution in [0.1, 0.15) is 12.8 Å². The maximum absolute atomic E-state index is 13.7. The molecule has 1 saturated carbocycles. The van der Waals surface area contributed by atoms with Gasteiger partial charge < -0.3 is 11.1 Å². The Morgan fingerprint density at radius 3 is 2.50 bits per heavy atom. The second kappa shape index (κ2) is 6.26. The zero-order chi connectivity index (χ0) is 19.3. The third-order valence-corrected chi connectivity index (χ3v) is 4.65. The molecule has 2 aromatic heterocycles. The first-order valence-electron chi connectivity index (χ1n) is 8.93. The minimum Gasteiger partial charge on any atom is -0.383 e. The van der Waals surface area contributed by atoms with Gasteiger partial charge in [0.2, 0.25) is 5.95 Å². The van der Waals surface area contributed by atoms with Crippen molar-refractivity contribution in [1.29, 1.82) is 0 Å². The lowest BCUT2D eigenvalue weighted by molar-refractivity contribution is 0.625. The fraction of sp³-hybridized carbons (Fsp3) is 0.150. The molecule has 0 atom stereocenters. The number of aromatic nitrogens is 4. The van der Waals surface area contributed by atoms with Crippen LogP contribution >= 0.6 is 0 Å². The maximum atomic E-state index is 13.7. The van der Waals surface area contributed by atoms with E-state index < -0.39 is 5.82 Å². The molecular formula is C20H16F2N6. The number of nitrogens with zero attached hydrogens (tertiary/aromatic N) is 4. The van der Waals surface area contributed by atoms with Gasteiger partial charge in [0.15, 0.2) is 5.65 Å². The van der Waals surface area contributed by atoms with Gasteiger partial charge in [0.05, 0.1) is 16.8 Å². The van der Waals surface area contributed by atoms with Crippen LogP contribution in [0.25, 0.3) is 28.0 Å². The van der Waals surface area contributed by atoms with Crippen molar-refractivity contribution in [3.63, 3.8) is 0 Å². The van der Waals surface area contributed by atoms with Crippen molar-refractivity contribution in [3.05, 3.63) is 60.2 Å². The molecule has 1 aliphatic rings. The average molecular weight is 378 g/mol. The van der Waals surface area contributed by atoms with Crippen molar-refractivity contribution in [3.8, 4) is 16.9 Å². The fourth-order valence-corrected chi connectivity index (χ4v) is 3.11. The first-order valence-corrected chi connectivity index (χ1v) is 8.93. The lowest BCUT2D eigenvalue weighted by Gasteiger charge is -2.08. The molecule has 0 unspecified atom stereocenters. The van der Waals surface area contributed by atoms with Crippen LogP contribution in [-0.2, 0) is 0 Å². The van der Waals surface area contributed by atoms with Crippen molar-refractivity contribution in [2.45, 2.75) is 18.9 Å². The van der Waals surface area contributed by atoms with Gasteiger partial charge in [0.1, 0.15) is 17.5 Å². The van der Waals surface area contributed by atoms with Crippen molar-refractivity contribution in [2.24, 2.45) is 0 Å². The quantitative estimate of drug-likeness (QED) is 0.563. The summed E-state index contributed by atoms with van der Waals surface area (Å²) in [6.07, 6.45) is 2.13. The van der Waals surface area contributed by atoms with E-state index in [9.17, 15) is 8.78 Å². The number of hydrogen-bond donors (Lipinski definition) is 2. The van der Waals surface area contributed by atoms with Crippen molar-refractivity contribution in [1.82, 2.24) is 19.7 Å². The molecular weight excluding hydrogens is 362 g/mol. The van der Waals surface area contributed by atoms with Crippen LogP contribution in [-0.4, -0.2) is 25.8 Å². The molecule has 0 amide bonds. The molecule has 8 heteroatoms. The van der Waals surface area contributed by atoms with Gasteiger partial charge in [-0.25, -0.2) is 18.4 Å². The largest absolute Gasteiger partial charge is 0.383 e. The van der Waals surface area contributed by atoms with E-state index in [-0.39, 0.29) is 11.6 Å². The number of nitrogens with two attached hydrogens (primary N) is 1. The van der Waals surface area contributed by atoms with E-state index in [4.69, 9.17) is 5.73 Å². The topological polar surface area (TPSA) is 81.7 Å². The van der Waals surface area contributed by atoms with Crippen LogP contribution in [0.3, 0.4) is 0 Å². The summed E-state index contributed by atoms with van der Waals surface area (Å²) in [5, 5.41) is 8.28. The number of benzene rings is 2. The molecule has 0 saturated heterocycles. The smallest absolute Gasteiger partial charge is 0.225 e. The number of nitrogen functional groups attached to an aromatic ring is 1. The summed E-state index contributed by atoms with van der Waals surface area (Å²) in [6.45, 7) is 0. The Morgan fingerprint density at radius 1 is 1.00 bits per heavy atom. The Labute approximate surface area is 159 Å². The van der Waals surface area contributed by atoms with Gasteiger partial charge >= 0.3 is 0 Å². The number of anilines is 2. The molecule has 0 spiro atoms. The van der Waals surface area contributed by atoms with Gasteiger partial charge in [-0.1, -0.05) is 6.07 Å². The standard InChI is InChI=1S/C20H16F2N6/c21-12-6-4-11(5-7-12)17-16-18(23)28(15-3-1-2-13(22)10-15)27-19(16)26-20(25-17)24-14-8-9-14/h1-7,10,14H,8-9,23H2,(H,24,26,27). The van der Waals surface area contributed by atoms with Gasteiger partial charge in [-0.05, 0) is 55.3 Å². The molecule has 140 valence electrons.